The number of nitrogens with one attached hydrogen (secondary N) is 1. The van der Waals surface area contributed by atoms with Gasteiger partial charge in [0.05, 0.1) is 25.8 Å². The van der Waals surface area contributed by atoms with Gasteiger partial charge < -0.3 is 19.9 Å². The zero-order valence-corrected chi connectivity index (χ0v) is 12.0. The number of carbonyl (C=O) groups is 1. The van der Waals surface area contributed by atoms with E-state index in [4.69, 9.17) is 14.6 Å². The number of hydrogen-bond acceptors (Lipinski definition) is 5. The lowest BCUT2D eigenvalue weighted by atomic mass is 10.0. The first-order valence-corrected chi connectivity index (χ1v) is 7.13. The molecule has 2 aliphatic rings. The van der Waals surface area contributed by atoms with E-state index >= 15 is 0 Å². The fourth-order valence-corrected chi connectivity index (χ4v) is 2.33. The van der Waals surface area contributed by atoms with Crippen molar-refractivity contribution in [1.82, 2.24) is 10.2 Å². The molecule has 1 fully saturated rings. The first-order valence-electron chi connectivity index (χ1n) is 7.13. The average molecular weight is 300 g/mol. The van der Waals surface area contributed by atoms with Crippen LogP contribution in [0.15, 0.2) is 23.7 Å². The molecule has 0 spiro atoms. The predicted octanol–water partition coefficient (Wildman–Crippen LogP) is 0.935. The van der Waals surface area contributed by atoms with Crippen LogP contribution in [0.2, 0.25) is 0 Å². The third-order valence-electron chi connectivity index (χ3n) is 3.38. The summed E-state index contributed by atoms with van der Waals surface area (Å²) in [5.41, 5.74) is 0.513. The number of aliphatic hydroxyl groups excluding tert-OH is 1. The van der Waals surface area contributed by atoms with Gasteiger partial charge in [-0.05, 0) is 19.4 Å². The Morgan fingerprint density at radius 3 is 3.10 bits per heavy atom. The highest BCUT2D eigenvalue weighted by Gasteiger charge is 2.34. The van der Waals surface area contributed by atoms with E-state index in [0.717, 1.165) is 0 Å². The molecule has 0 aromatic heterocycles. The fourth-order valence-electron chi connectivity index (χ4n) is 2.33. The number of halogens is 1. The van der Waals surface area contributed by atoms with Gasteiger partial charge in [-0.3, -0.25) is 4.90 Å². The Hall–Kier alpha value is -1.44. The third-order valence-corrected chi connectivity index (χ3v) is 3.38. The highest BCUT2D eigenvalue weighted by Crippen LogP contribution is 2.25. The molecule has 7 heteroatoms. The van der Waals surface area contributed by atoms with Crippen LogP contribution in [0, 0.1) is 0 Å². The van der Waals surface area contributed by atoms with Gasteiger partial charge in [0.15, 0.2) is 0 Å². The molecular weight excluding hydrogens is 279 g/mol. The van der Waals surface area contributed by atoms with Gasteiger partial charge in [0.2, 0.25) is 0 Å². The van der Waals surface area contributed by atoms with Gasteiger partial charge in [-0.1, -0.05) is 6.08 Å². The molecule has 1 aliphatic heterocycles. The second-order valence-corrected chi connectivity index (χ2v) is 4.90. The summed E-state index contributed by atoms with van der Waals surface area (Å²) in [7, 11) is 0. The third kappa shape index (κ3) is 4.03. The lowest BCUT2D eigenvalue weighted by Gasteiger charge is -2.23. The summed E-state index contributed by atoms with van der Waals surface area (Å²) in [4.78, 5) is 13.2. The van der Waals surface area contributed by atoms with Gasteiger partial charge in [-0.2, -0.15) is 0 Å². The first kappa shape index (κ1) is 15.9. The van der Waals surface area contributed by atoms with E-state index in [0.29, 0.717) is 38.4 Å². The summed E-state index contributed by atoms with van der Waals surface area (Å²) in [6.07, 6.45) is 2.76. The normalized spacial score (nSPS) is 25.7. The van der Waals surface area contributed by atoms with Crippen LogP contribution in [0.5, 0.6) is 0 Å². The van der Waals surface area contributed by atoms with Crippen molar-refractivity contribution >= 4 is 6.09 Å². The molecule has 0 radical (unpaired) electrons. The molecule has 21 heavy (non-hydrogen) atoms. The predicted molar refractivity (Wildman–Crippen MR) is 74.2 cm³/mol. The van der Waals surface area contributed by atoms with E-state index in [2.05, 4.69) is 5.32 Å². The Bertz CT molecular complexity index is 439. The van der Waals surface area contributed by atoms with Crippen LogP contribution >= 0.6 is 0 Å². The number of hydrogen-bond donors (Lipinski definition) is 2. The number of cyclic esters (lactones) is 1. The summed E-state index contributed by atoms with van der Waals surface area (Å²) in [6.45, 7) is 3.43. The van der Waals surface area contributed by atoms with Crippen LogP contribution in [0.25, 0.3) is 0 Å². The van der Waals surface area contributed by atoms with Gasteiger partial charge in [-0.15, -0.1) is 0 Å². The second kappa shape index (κ2) is 7.53. The standard InChI is InChI=1S/C14H21FN2O4/c1-2-20-9-11-8-17(14(19)21-11)10-3-4-13(12(15)7-10)16-5-6-18/h3,7,11,13,16,18H,2,4-6,8-9H2,1H3. The Balaban J connectivity index is 1.94. The number of carbonyl (C=O) groups excluding carboxylic acids is 1. The smallest absolute Gasteiger partial charge is 0.414 e. The molecule has 1 amide bonds. The van der Waals surface area contributed by atoms with Crippen molar-refractivity contribution in [3.05, 3.63) is 23.7 Å². The average Bonchev–Trinajstić information content (AvgIpc) is 2.85. The van der Waals surface area contributed by atoms with E-state index in [1.807, 2.05) is 6.92 Å². The number of ether oxygens (including phenoxy) is 2. The summed E-state index contributed by atoms with van der Waals surface area (Å²) in [6, 6.07) is -0.446. The summed E-state index contributed by atoms with van der Waals surface area (Å²) in [5, 5.41) is 11.6. The van der Waals surface area contributed by atoms with Crippen LogP contribution in [-0.4, -0.2) is 61.2 Å². The molecule has 1 saturated heterocycles. The molecule has 2 N–H and O–H groups in total. The van der Waals surface area contributed by atoms with Crippen LogP contribution in [0.1, 0.15) is 13.3 Å². The Kier molecular flexibility index (Phi) is 5.72. The first-order chi connectivity index (χ1) is 10.2. The Morgan fingerprint density at radius 1 is 1.62 bits per heavy atom. The minimum absolute atomic E-state index is 0.0437. The van der Waals surface area contributed by atoms with Crippen molar-refractivity contribution in [3.8, 4) is 0 Å². The van der Waals surface area contributed by atoms with Crippen molar-refractivity contribution in [2.45, 2.75) is 25.5 Å². The van der Waals surface area contributed by atoms with Gasteiger partial charge in [0.1, 0.15) is 11.9 Å². The second-order valence-electron chi connectivity index (χ2n) is 4.90. The number of amides is 1. The topological polar surface area (TPSA) is 71.0 Å². The van der Waals surface area contributed by atoms with Crippen molar-refractivity contribution in [1.29, 1.82) is 0 Å². The van der Waals surface area contributed by atoms with Crippen molar-refractivity contribution in [2.24, 2.45) is 0 Å². The van der Waals surface area contributed by atoms with E-state index in [-0.39, 0.29) is 18.5 Å². The maximum absolute atomic E-state index is 14.0. The zero-order chi connectivity index (χ0) is 15.2. The Labute approximate surface area is 123 Å². The number of nitrogens with zero attached hydrogens (tertiary/aromatic N) is 1. The van der Waals surface area contributed by atoms with E-state index in [1.54, 1.807) is 6.08 Å². The molecule has 118 valence electrons. The summed E-state index contributed by atoms with van der Waals surface area (Å²) < 4.78 is 24.4. The molecule has 0 saturated carbocycles. The molecule has 6 nitrogen and oxygen atoms in total. The van der Waals surface area contributed by atoms with Gasteiger partial charge >= 0.3 is 6.09 Å². The largest absolute Gasteiger partial charge is 0.441 e. The van der Waals surface area contributed by atoms with Crippen molar-refractivity contribution in [2.75, 3.05) is 32.9 Å². The molecule has 2 atom stereocenters. The van der Waals surface area contributed by atoms with Gasteiger partial charge in [-0.25, -0.2) is 9.18 Å². The minimum Gasteiger partial charge on any atom is -0.441 e. The summed E-state index contributed by atoms with van der Waals surface area (Å²) in [5.74, 6) is -0.345. The maximum atomic E-state index is 14.0. The van der Waals surface area contributed by atoms with Gasteiger partial charge in [0, 0.05) is 18.8 Å². The lowest BCUT2D eigenvalue weighted by molar-refractivity contribution is 0.0516. The molecule has 0 bridgehead atoms. The van der Waals surface area contributed by atoms with Crippen molar-refractivity contribution in [3.63, 3.8) is 0 Å². The number of allylic oxidation sites excluding steroid dienone is 1. The number of aliphatic hydroxyl groups is 1. The van der Waals surface area contributed by atoms with E-state index in [1.165, 1.54) is 11.0 Å². The monoisotopic (exact) mass is 300 g/mol. The zero-order valence-electron chi connectivity index (χ0n) is 12.0. The SMILES string of the molecule is CCOCC1CN(C2=CCC(NCCO)C(F)=C2)C(=O)O1. The van der Waals surface area contributed by atoms with E-state index < -0.39 is 12.1 Å². The highest BCUT2D eigenvalue weighted by atomic mass is 19.1. The molecule has 1 aliphatic carbocycles. The van der Waals surface area contributed by atoms with Crippen LogP contribution < -0.4 is 5.32 Å². The van der Waals surface area contributed by atoms with Crippen LogP contribution in [0.4, 0.5) is 9.18 Å². The molecule has 0 aromatic carbocycles. The molecular formula is C14H21FN2O4. The maximum Gasteiger partial charge on any atom is 0.414 e. The molecule has 1 heterocycles. The van der Waals surface area contributed by atoms with E-state index in [9.17, 15) is 9.18 Å². The van der Waals surface area contributed by atoms with Gasteiger partial charge in [0.25, 0.3) is 0 Å². The van der Waals surface area contributed by atoms with Crippen LogP contribution in [0.3, 0.4) is 0 Å². The Morgan fingerprint density at radius 2 is 2.43 bits per heavy atom. The lowest BCUT2D eigenvalue weighted by Crippen LogP contribution is -2.34. The molecule has 0 aromatic rings. The summed E-state index contributed by atoms with van der Waals surface area (Å²) >= 11 is 0. The number of rotatable bonds is 7. The van der Waals surface area contributed by atoms with Crippen molar-refractivity contribution < 1.29 is 23.8 Å². The quantitative estimate of drug-likeness (QED) is 0.732. The fraction of sp³-hybridized carbons (Fsp3) is 0.643. The minimum atomic E-state index is -0.475. The highest BCUT2D eigenvalue weighted by molar-refractivity contribution is 5.73. The molecule has 2 rings (SSSR count). The van der Waals surface area contributed by atoms with Crippen LogP contribution in [-0.2, 0) is 9.47 Å². The molecule has 2 unspecified atom stereocenters.